The van der Waals surface area contributed by atoms with Crippen molar-refractivity contribution in [2.24, 2.45) is 11.8 Å². The van der Waals surface area contributed by atoms with Gasteiger partial charge in [-0.2, -0.15) is 0 Å². The highest BCUT2D eigenvalue weighted by Gasteiger charge is 2.27. The fraction of sp³-hybridized carbons (Fsp3) is 0.647. The second-order valence-corrected chi connectivity index (χ2v) is 6.38. The zero-order valence-electron chi connectivity index (χ0n) is 11.7. The Labute approximate surface area is 111 Å². The minimum Gasteiger partial charge on any atom is -0.312 e. The summed E-state index contributed by atoms with van der Waals surface area (Å²) in [6.07, 6.45) is 5.43. The number of rotatable bonds is 1. The lowest BCUT2D eigenvalue weighted by Crippen LogP contribution is -2.26. The van der Waals surface area contributed by atoms with Crippen molar-refractivity contribution in [2.75, 3.05) is 6.54 Å². The third-order valence-electron chi connectivity index (χ3n) is 5.21. The van der Waals surface area contributed by atoms with Gasteiger partial charge in [-0.15, -0.1) is 0 Å². The van der Waals surface area contributed by atoms with E-state index in [1.165, 1.54) is 25.7 Å². The molecule has 1 fully saturated rings. The van der Waals surface area contributed by atoms with Crippen LogP contribution in [0.5, 0.6) is 0 Å². The first kappa shape index (κ1) is 12.2. The Hall–Kier alpha value is -0.820. The minimum atomic E-state index is 0.823. The summed E-state index contributed by atoms with van der Waals surface area (Å²) in [5, 5.41) is 3.49. The molecule has 1 heterocycles. The minimum absolute atomic E-state index is 0.823. The van der Waals surface area contributed by atoms with Crippen molar-refractivity contribution in [3.63, 3.8) is 0 Å². The Morgan fingerprint density at radius 3 is 2.83 bits per heavy atom. The van der Waals surface area contributed by atoms with Crippen LogP contribution in [-0.2, 0) is 13.0 Å². The molecule has 0 bridgehead atoms. The van der Waals surface area contributed by atoms with Crippen LogP contribution in [0, 0.1) is 11.8 Å². The van der Waals surface area contributed by atoms with Gasteiger partial charge in [0.05, 0.1) is 0 Å². The third-order valence-corrected chi connectivity index (χ3v) is 5.21. The van der Waals surface area contributed by atoms with Gasteiger partial charge in [-0.25, -0.2) is 0 Å². The molecule has 18 heavy (non-hydrogen) atoms. The fourth-order valence-electron chi connectivity index (χ4n) is 3.77. The average Bonchev–Trinajstić information content (AvgIpc) is 2.41. The second-order valence-electron chi connectivity index (χ2n) is 6.38. The van der Waals surface area contributed by atoms with Gasteiger partial charge in [-0.05, 0) is 66.7 Å². The standard InChI is InChI=1S/C17H25N/c1-12-6-7-14(10-13(12)2)16-5-3-4-15-11-18-9-8-17(15)16/h3-5,12-14,18H,6-11H2,1-2H3. The summed E-state index contributed by atoms with van der Waals surface area (Å²) < 4.78 is 0. The van der Waals surface area contributed by atoms with E-state index in [0.29, 0.717) is 0 Å². The van der Waals surface area contributed by atoms with Gasteiger partial charge in [0, 0.05) is 6.54 Å². The predicted octanol–water partition coefficient (Wildman–Crippen LogP) is 3.87. The van der Waals surface area contributed by atoms with Crippen molar-refractivity contribution in [2.45, 2.75) is 52.0 Å². The summed E-state index contributed by atoms with van der Waals surface area (Å²) in [7, 11) is 0. The summed E-state index contributed by atoms with van der Waals surface area (Å²) >= 11 is 0. The molecular weight excluding hydrogens is 218 g/mol. The second kappa shape index (κ2) is 5.05. The molecule has 0 spiro atoms. The van der Waals surface area contributed by atoms with Crippen molar-refractivity contribution in [3.8, 4) is 0 Å². The van der Waals surface area contributed by atoms with Crippen LogP contribution in [0.25, 0.3) is 0 Å². The van der Waals surface area contributed by atoms with Crippen LogP contribution in [0.2, 0.25) is 0 Å². The Balaban J connectivity index is 1.88. The molecule has 1 aromatic rings. The molecule has 1 nitrogen and oxygen atoms in total. The number of benzene rings is 1. The quantitative estimate of drug-likeness (QED) is 0.789. The first-order valence-corrected chi connectivity index (χ1v) is 7.57. The summed E-state index contributed by atoms with van der Waals surface area (Å²) in [6, 6.07) is 6.97. The molecule has 1 aliphatic carbocycles. The molecule has 1 N–H and O–H groups in total. The van der Waals surface area contributed by atoms with Crippen molar-refractivity contribution >= 4 is 0 Å². The van der Waals surface area contributed by atoms with Crippen LogP contribution in [0.3, 0.4) is 0 Å². The van der Waals surface area contributed by atoms with E-state index in [1.807, 2.05) is 0 Å². The smallest absolute Gasteiger partial charge is 0.0208 e. The molecule has 3 rings (SSSR count). The van der Waals surface area contributed by atoms with Crippen molar-refractivity contribution in [1.82, 2.24) is 5.32 Å². The van der Waals surface area contributed by atoms with Gasteiger partial charge in [0.25, 0.3) is 0 Å². The topological polar surface area (TPSA) is 12.0 Å². The van der Waals surface area contributed by atoms with E-state index in [9.17, 15) is 0 Å². The Bertz CT molecular complexity index is 424. The van der Waals surface area contributed by atoms with E-state index in [1.54, 1.807) is 16.7 Å². The lowest BCUT2D eigenvalue weighted by Gasteiger charge is -2.34. The predicted molar refractivity (Wildman–Crippen MR) is 76.8 cm³/mol. The molecular formula is C17H25N. The summed E-state index contributed by atoms with van der Waals surface area (Å²) in [6.45, 7) is 7.09. The van der Waals surface area contributed by atoms with E-state index in [0.717, 1.165) is 30.8 Å². The van der Waals surface area contributed by atoms with Crippen LogP contribution < -0.4 is 5.32 Å². The van der Waals surface area contributed by atoms with Crippen LogP contribution in [0.1, 0.15) is 55.7 Å². The maximum absolute atomic E-state index is 3.49. The zero-order valence-corrected chi connectivity index (χ0v) is 11.7. The lowest BCUT2D eigenvalue weighted by molar-refractivity contribution is 0.249. The maximum Gasteiger partial charge on any atom is 0.0208 e. The Kier molecular flexibility index (Phi) is 3.43. The van der Waals surface area contributed by atoms with Crippen molar-refractivity contribution < 1.29 is 0 Å². The van der Waals surface area contributed by atoms with E-state index < -0.39 is 0 Å². The van der Waals surface area contributed by atoms with Gasteiger partial charge in [-0.3, -0.25) is 0 Å². The van der Waals surface area contributed by atoms with Gasteiger partial charge < -0.3 is 5.32 Å². The largest absolute Gasteiger partial charge is 0.312 e. The molecule has 0 radical (unpaired) electrons. The number of fused-ring (bicyclic) bond motifs is 1. The summed E-state index contributed by atoms with van der Waals surface area (Å²) in [5.74, 6) is 2.63. The molecule has 3 unspecified atom stereocenters. The Morgan fingerprint density at radius 2 is 2.00 bits per heavy atom. The van der Waals surface area contributed by atoms with Crippen LogP contribution in [0.15, 0.2) is 18.2 Å². The molecule has 3 atom stereocenters. The molecule has 0 amide bonds. The number of hydrogen-bond acceptors (Lipinski definition) is 1. The van der Waals surface area contributed by atoms with E-state index in [4.69, 9.17) is 0 Å². The fourth-order valence-corrected chi connectivity index (χ4v) is 3.77. The monoisotopic (exact) mass is 243 g/mol. The zero-order chi connectivity index (χ0) is 12.5. The average molecular weight is 243 g/mol. The molecule has 2 aliphatic rings. The van der Waals surface area contributed by atoms with E-state index in [-0.39, 0.29) is 0 Å². The molecule has 1 heteroatoms. The van der Waals surface area contributed by atoms with Crippen molar-refractivity contribution in [3.05, 3.63) is 34.9 Å². The molecule has 1 aromatic carbocycles. The van der Waals surface area contributed by atoms with Gasteiger partial charge in [0.1, 0.15) is 0 Å². The highest BCUT2D eigenvalue weighted by molar-refractivity contribution is 5.39. The van der Waals surface area contributed by atoms with Crippen LogP contribution in [-0.4, -0.2) is 6.54 Å². The van der Waals surface area contributed by atoms with Crippen LogP contribution >= 0.6 is 0 Å². The maximum atomic E-state index is 3.49. The summed E-state index contributed by atoms with van der Waals surface area (Å²) in [5.41, 5.74) is 4.89. The molecule has 98 valence electrons. The van der Waals surface area contributed by atoms with Crippen LogP contribution in [0.4, 0.5) is 0 Å². The van der Waals surface area contributed by atoms with Gasteiger partial charge >= 0.3 is 0 Å². The highest BCUT2D eigenvalue weighted by Crippen LogP contribution is 2.41. The number of nitrogens with one attached hydrogen (secondary N) is 1. The SMILES string of the molecule is CC1CCC(c2cccc3c2CCNC3)CC1C. The number of hydrogen-bond donors (Lipinski definition) is 1. The normalized spacial score (nSPS) is 32.0. The first-order valence-electron chi connectivity index (χ1n) is 7.57. The first-order chi connectivity index (χ1) is 8.75. The summed E-state index contributed by atoms with van der Waals surface area (Å²) in [4.78, 5) is 0. The van der Waals surface area contributed by atoms with Crippen molar-refractivity contribution in [1.29, 1.82) is 0 Å². The van der Waals surface area contributed by atoms with Gasteiger partial charge in [0.15, 0.2) is 0 Å². The van der Waals surface area contributed by atoms with Gasteiger partial charge in [0.2, 0.25) is 0 Å². The molecule has 0 saturated heterocycles. The third kappa shape index (κ3) is 2.21. The molecule has 0 aromatic heterocycles. The highest BCUT2D eigenvalue weighted by atomic mass is 14.9. The lowest BCUT2D eigenvalue weighted by atomic mass is 9.72. The van der Waals surface area contributed by atoms with E-state index >= 15 is 0 Å². The van der Waals surface area contributed by atoms with Gasteiger partial charge in [-0.1, -0.05) is 32.0 Å². The molecule has 1 aliphatic heterocycles. The Morgan fingerprint density at radius 1 is 1.11 bits per heavy atom. The van der Waals surface area contributed by atoms with E-state index in [2.05, 4.69) is 37.4 Å². The molecule has 1 saturated carbocycles.